The summed E-state index contributed by atoms with van der Waals surface area (Å²) in [5, 5.41) is 0. The maximum Gasteiger partial charge on any atom is 0.330 e. The van der Waals surface area contributed by atoms with E-state index >= 15 is 0 Å². The Hall–Kier alpha value is -3.70. The van der Waals surface area contributed by atoms with Crippen LogP contribution in [0.2, 0.25) is 0 Å². The lowest BCUT2D eigenvalue weighted by atomic mass is 10.1. The van der Waals surface area contributed by atoms with Crippen molar-refractivity contribution in [2.75, 3.05) is 30.6 Å². The van der Waals surface area contributed by atoms with Gasteiger partial charge in [0.05, 0.1) is 25.4 Å². The fourth-order valence-electron chi connectivity index (χ4n) is 3.51. The number of methoxy groups -OCH3 is 1. The highest BCUT2D eigenvalue weighted by atomic mass is 32.2. The van der Waals surface area contributed by atoms with Crippen LogP contribution in [0.1, 0.15) is 21.5 Å². The monoisotopic (exact) mass is 486 g/mol. The highest BCUT2D eigenvalue weighted by Crippen LogP contribution is 2.23. The number of hydrogen-bond acceptors (Lipinski definition) is 7. The van der Waals surface area contributed by atoms with Gasteiger partial charge in [-0.15, -0.1) is 0 Å². The van der Waals surface area contributed by atoms with Gasteiger partial charge in [-0.3, -0.25) is 24.0 Å². The van der Waals surface area contributed by atoms with Gasteiger partial charge in [-0.25, -0.2) is 13.2 Å². The van der Waals surface area contributed by atoms with Gasteiger partial charge in [0.15, 0.2) is 15.5 Å². The van der Waals surface area contributed by atoms with E-state index in [1.165, 1.54) is 24.1 Å². The average Bonchev–Trinajstić information content (AvgIpc) is 2.77. The second-order valence-electron chi connectivity index (χ2n) is 7.78. The number of aromatic amines is 1. The topological polar surface area (TPSA) is 145 Å². The minimum atomic E-state index is -3.32. The summed E-state index contributed by atoms with van der Waals surface area (Å²) in [6.45, 7) is 0.226. The first-order chi connectivity index (χ1) is 16.1. The molecule has 1 heterocycles. The molecule has 0 aliphatic heterocycles. The van der Waals surface area contributed by atoms with Crippen molar-refractivity contribution in [1.29, 1.82) is 0 Å². The van der Waals surface area contributed by atoms with E-state index in [0.717, 1.165) is 16.4 Å². The highest BCUT2D eigenvalue weighted by molar-refractivity contribution is 7.89. The molecule has 34 heavy (non-hydrogen) atoms. The van der Waals surface area contributed by atoms with E-state index in [4.69, 9.17) is 10.5 Å². The molecule has 0 radical (unpaired) electrons. The Bertz CT molecular complexity index is 1400. The van der Waals surface area contributed by atoms with Gasteiger partial charge < -0.3 is 10.5 Å². The van der Waals surface area contributed by atoms with E-state index in [0.29, 0.717) is 5.56 Å². The first kappa shape index (κ1) is 24.9. The largest absolute Gasteiger partial charge is 0.383 e. The number of nitrogens with two attached hydrogens (primary N) is 1. The van der Waals surface area contributed by atoms with Gasteiger partial charge in [-0.05, 0) is 23.3 Å². The van der Waals surface area contributed by atoms with Gasteiger partial charge in [0.2, 0.25) is 0 Å². The Balaban J connectivity index is 2.14. The SMILES string of the molecule is COCCn1c(N)c(N(Cc2ccccc2)C(=O)c2cccc(CS(C)(=O)=O)c2)c(=O)[nH]c1=O. The first-order valence-electron chi connectivity index (χ1n) is 10.3. The summed E-state index contributed by atoms with van der Waals surface area (Å²) in [6.07, 6.45) is 1.10. The Morgan fingerprint density at radius 3 is 2.41 bits per heavy atom. The molecule has 3 N–H and O–H groups in total. The summed E-state index contributed by atoms with van der Waals surface area (Å²) in [5.74, 6) is -0.993. The second kappa shape index (κ2) is 10.5. The number of nitrogens with one attached hydrogen (secondary N) is 1. The minimum Gasteiger partial charge on any atom is -0.383 e. The fourth-order valence-corrected chi connectivity index (χ4v) is 4.30. The zero-order valence-electron chi connectivity index (χ0n) is 18.9. The van der Waals surface area contributed by atoms with Crippen LogP contribution in [-0.2, 0) is 33.4 Å². The van der Waals surface area contributed by atoms with Crippen molar-refractivity contribution in [3.63, 3.8) is 0 Å². The number of ether oxygens (including phenoxy) is 1. The molecular formula is C23H26N4O6S. The van der Waals surface area contributed by atoms with Crippen LogP contribution in [0.3, 0.4) is 0 Å². The fraction of sp³-hybridized carbons (Fsp3) is 0.261. The van der Waals surface area contributed by atoms with E-state index < -0.39 is 27.0 Å². The van der Waals surface area contributed by atoms with E-state index in [2.05, 4.69) is 4.98 Å². The number of hydrogen-bond donors (Lipinski definition) is 2. The van der Waals surface area contributed by atoms with Crippen molar-refractivity contribution in [3.8, 4) is 0 Å². The molecular weight excluding hydrogens is 460 g/mol. The van der Waals surface area contributed by atoms with Crippen LogP contribution in [-0.4, -0.2) is 43.8 Å². The summed E-state index contributed by atoms with van der Waals surface area (Å²) in [4.78, 5) is 42.2. The predicted octanol–water partition coefficient (Wildman–Crippen LogP) is 1.16. The van der Waals surface area contributed by atoms with Crippen LogP contribution < -0.4 is 21.9 Å². The third-order valence-corrected chi connectivity index (χ3v) is 5.89. The third kappa shape index (κ3) is 6.00. The van der Waals surface area contributed by atoms with Crippen molar-refractivity contribution in [3.05, 3.63) is 92.1 Å². The van der Waals surface area contributed by atoms with E-state index in [1.54, 1.807) is 36.4 Å². The van der Waals surface area contributed by atoms with Crippen molar-refractivity contribution in [1.82, 2.24) is 9.55 Å². The van der Waals surface area contributed by atoms with Gasteiger partial charge in [-0.2, -0.15) is 0 Å². The molecule has 0 unspecified atom stereocenters. The molecule has 0 bridgehead atoms. The van der Waals surface area contributed by atoms with Gasteiger partial charge >= 0.3 is 5.69 Å². The molecule has 11 heteroatoms. The predicted molar refractivity (Wildman–Crippen MR) is 130 cm³/mol. The molecule has 2 aromatic carbocycles. The average molecular weight is 487 g/mol. The van der Waals surface area contributed by atoms with Crippen molar-refractivity contribution in [2.24, 2.45) is 0 Å². The number of nitrogen functional groups attached to an aromatic ring is 1. The second-order valence-corrected chi connectivity index (χ2v) is 9.93. The van der Waals surface area contributed by atoms with Crippen LogP contribution in [0.4, 0.5) is 11.5 Å². The third-order valence-electron chi connectivity index (χ3n) is 5.03. The molecule has 0 atom stereocenters. The summed E-state index contributed by atoms with van der Waals surface area (Å²) < 4.78 is 29.6. The standard InChI is InChI=1S/C23H26N4O6S/c1-33-12-11-26-20(24)19(21(28)25-23(26)30)27(14-16-7-4-3-5-8-16)22(29)18-10-6-9-17(13-18)15-34(2,31)32/h3-10,13H,11-12,14-15,24H2,1-2H3,(H,25,28,30). The molecule has 3 aromatic rings. The van der Waals surface area contributed by atoms with E-state index in [9.17, 15) is 22.8 Å². The number of aromatic nitrogens is 2. The number of carbonyl (C=O) groups is 1. The molecule has 0 spiro atoms. The normalized spacial score (nSPS) is 11.4. The summed E-state index contributed by atoms with van der Waals surface area (Å²) in [5.41, 5.74) is 5.83. The summed E-state index contributed by atoms with van der Waals surface area (Å²) in [7, 11) is -1.86. The number of sulfone groups is 1. The van der Waals surface area contributed by atoms with E-state index in [1.807, 2.05) is 6.07 Å². The Morgan fingerprint density at radius 1 is 1.09 bits per heavy atom. The maximum atomic E-state index is 13.6. The number of amides is 1. The quantitative estimate of drug-likeness (QED) is 0.462. The molecule has 3 rings (SSSR count). The van der Waals surface area contributed by atoms with Gasteiger partial charge in [0.25, 0.3) is 11.5 Å². The smallest absolute Gasteiger partial charge is 0.330 e. The number of nitrogens with zero attached hydrogens (tertiary/aromatic N) is 2. The lowest BCUT2D eigenvalue weighted by Crippen LogP contribution is -2.41. The highest BCUT2D eigenvalue weighted by Gasteiger charge is 2.26. The lowest BCUT2D eigenvalue weighted by Gasteiger charge is -2.25. The molecule has 0 saturated carbocycles. The zero-order valence-corrected chi connectivity index (χ0v) is 19.7. The minimum absolute atomic E-state index is 0.00820. The van der Waals surface area contributed by atoms with Crippen LogP contribution in [0.25, 0.3) is 0 Å². The molecule has 1 aromatic heterocycles. The number of H-pyrrole nitrogens is 1. The Labute approximate surface area is 196 Å². The van der Waals surface area contributed by atoms with Crippen molar-refractivity contribution in [2.45, 2.75) is 18.8 Å². The zero-order chi connectivity index (χ0) is 24.9. The van der Waals surface area contributed by atoms with Crippen molar-refractivity contribution >= 4 is 27.2 Å². The van der Waals surface area contributed by atoms with Gasteiger partial charge in [0, 0.05) is 18.9 Å². The lowest BCUT2D eigenvalue weighted by molar-refractivity contribution is 0.0984. The molecule has 180 valence electrons. The molecule has 0 saturated heterocycles. The molecule has 1 amide bonds. The van der Waals surface area contributed by atoms with Crippen LogP contribution in [0.5, 0.6) is 0 Å². The Kier molecular flexibility index (Phi) is 7.69. The first-order valence-corrected chi connectivity index (χ1v) is 12.4. The number of rotatable bonds is 9. The summed E-state index contributed by atoms with van der Waals surface area (Å²) in [6, 6.07) is 15.1. The Morgan fingerprint density at radius 2 is 1.76 bits per heavy atom. The number of carbonyl (C=O) groups excluding carboxylic acids is 1. The summed E-state index contributed by atoms with van der Waals surface area (Å²) >= 11 is 0. The maximum absolute atomic E-state index is 13.6. The van der Waals surface area contributed by atoms with Crippen LogP contribution in [0, 0.1) is 0 Å². The number of benzene rings is 2. The van der Waals surface area contributed by atoms with Gasteiger partial charge in [-0.1, -0.05) is 42.5 Å². The van der Waals surface area contributed by atoms with Gasteiger partial charge in [0.1, 0.15) is 5.82 Å². The molecule has 0 aliphatic carbocycles. The van der Waals surface area contributed by atoms with Crippen LogP contribution >= 0.6 is 0 Å². The molecule has 0 fully saturated rings. The van der Waals surface area contributed by atoms with Crippen LogP contribution in [0.15, 0.2) is 64.2 Å². The molecule has 10 nitrogen and oxygen atoms in total. The van der Waals surface area contributed by atoms with Crippen molar-refractivity contribution < 1.29 is 17.9 Å². The molecule has 0 aliphatic rings. The number of anilines is 2. The van der Waals surface area contributed by atoms with E-state index in [-0.39, 0.29) is 42.5 Å².